The number of carbonyl (C=O) groups is 1. The highest BCUT2D eigenvalue weighted by atomic mass is 16.4. The van der Waals surface area contributed by atoms with Crippen LogP contribution in [0.1, 0.15) is 27.2 Å². The summed E-state index contributed by atoms with van der Waals surface area (Å²) in [4.78, 5) is 10.8. The minimum atomic E-state index is -0.960. The van der Waals surface area contributed by atoms with Gasteiger partial charge in [-0.05, 0) is 19.6 Å². The fraction of sp³-hybridized carbons (Fsp3) is 0.727. The molecule has 5 nitrogen and oxygen atoms in total. The molecule has 0 saturated heterocycles. The van der Waals surface area contributed by atoms with Gasteiger partial charge in [0, 0.05) is 12.0 Å². The average Bonchev–Trinajstić information content (AvgIpc) is 2.18. The minimum Gasteiger partial charge on any atom is -0.478 e. The number of rotatable bonds is 9. The average molecular weight is 229 g/mol. The Balaban J connectivity index is 4.71. The van der Waals surface area contributed by atoms with Crippen LogP contribution in [-0.2, 0) is 4.79 Å². The maximum Gasteiger partial charge on any atom is 0.331 e. The lowest BCUT2D eigenvalue weighted by Gasteiger charge is -2.36. The van der Waals surface area contributed by atoms with Gasteiger partial charge in [-0.25, -0.2) is 4.79 Å². The van der Waals surface area contributed by atoms with E-state index in [0.29, 0.717) is 6.42 Å². The molecule has 0 aliphatic carbocycles. The smallest absolute Gasteiger partial charge is 0.331 e. The fourth-order valence-corrected chi connectivity index (χ4v) is 1.68. The Bertz CT molecular complexity index is 224. The molecule has 0 bridgehead atoms. The number of carboxylic acid groups (broad SMARTS) is 1. The first-order chi connectivity index (χ1) is 7.51. The van der Waals surface area contributed by atoms with Crippen molar-refractivity contribution in [2.45, 2.75) is 33.0 Å². The van der Waals surface area contributed by atoms with E-state index in [9.17, 15) is 4.79 Å². The van der Waals surface area contributed by atoms with E-state index in [1.165, 1.54) is 0 Å². The maximum atomic E-state index is 10.8. The van der Waals surface area contributed by atoms with E-state index >= 15 is 0 Å². The lowest BCUT2D eigenvalue weighted by molar-refractivity contribution is -0.133. The third-order valence-corrected chi connectivity index (χ3v) is 2.22. The second-order valence-corrected chi connectivity index (χ2v) is 3.58. The number of nitrogens with one attached hydrogen (secondary N) is 3. The molecule has 0 atom stereocenters. The molecular formula is C11H23N3O2. The van der Waals surface area contributed by atoms with Gasteiger partial charge in [0.25, 0.3) is 0 Å². The highest BCUT2D eigenvalue weighted by molar-refractivity contribution is 5.85. The molecule has 0 spiro atoms. The van der Waals surface area contributed by atoms with Gasteiger partial charge in [0.15, 0.2) is 0 Å². The van der Waals surface area contributed by atoms with E-state index in [2.05, 4.69) is 22.5 Å². The van der Waals surface area contributed by atoms with Crippen molar-refractivity contribution in [3.8, 4) is 0 Å². The summed E-state index contributed by atoms with van der Waals surface area (Å²) >= 11 is 0. The van der Waals surface area contributed by atoms with Gasteiger partial charge in [-0.1, -0.05) is 27.4 Å². The molecule has 0 saturated carbocycles. The van der Waals surface area contributed by atoms with Crippen LogP contribution in [0.4, 0.5) is 0 Å². The SMILES string of the molecule is C=C(CC(NCC)(NCC)NCC)C(=O)O. The molecule has 94 valence electrons. The summed E-state index contributed by atoms with van der Waals surface area (Å²) in [5.41, 5.74) is 0.183. The van der Waals surface area contributed by atoms with Gasteiger partial charge in [0.1, 0.15) is 5.79 Å². The Labute approximate surface area is 97.3 Å². The molecule has 0 fully saturated rings. The van der Waals surface area contributed by atoms with Crippen molar-refractivity contribution in [3.63, 3.8) is 0 Å². The van der Waals surface area contributed by atoms with Crippen LogP contribution < -0.4 is 16.0 Å². The Kier molecular flexibility index (Phi) is 6.96. The van der Waals surface area contributed by atoms with Crippen molar-refractivity contribution >= 4 is 5.97 Å². The van der Waals surface area contributed by atoms with Gasteiger partial charge in [-0.3, -0.25) is 16.0 Å². The largest absolute Gasteiger partial charge is 0.478 e. The predicted octanol–water partition coefficient (Wildman–Crippen LogP) is 0.500. The highest BCUT2D eigenvalue weighted by Crippen LogP contribution is 2.10. The third kappa shape index (κ3) is 4.74. The van der Waals surface area contributed by atoms with Crippen LogP contribution in [0.3, 0.4) is 0 Å². The number of hydrogen-bond acceptors (Lipinski definition) is 4. The Morgan fingerprint density at radius 1 is 1.12 bits per heavy atom. The molecule has 0 aromatic carbocycles. The highest BCUT2D eigenvalue weighted by Gasteiger charge is 2.29. The molecular weight excluding hydrogens is 206 g/mol. The maximum absolute atomic E-state index is 10.8. The van der Waals surface area contributed by atoms with Gasteiger partial charge in [0.2, 0.25) is 0 Å². The third-order valence-electron chi connectivity index (χ3n) is 2.22. The van der Waals surface area contributed by atoms with Crippen LogP contribution in [0.5, 0.6) is 0 Å². The van der Waals surface area contributed by atoms with Crippen molar-refractivity contribution in [3.05, 3.63) is 12.2 Å². The molecule has 0 amide bonds. The lowest BCUT2D eigenvalue weighted by atomic mass is 10.1. The number of carboxylic acids is 1. The van der Waals surface area contributed by atoms with Crippen molar-refractivity contribution in [1.82, 2.24) is 16.0 Å². The second-order valence-electron chi connectivity index (χ2n) is 3.58. The van der Waals surface area contributed by atoms with Crippen LogP contribution in [0, 0.1) is 0 Å². The Morgan fingerprint density at radius 2 is 1.50 bits per heavy atom. The van der Waals surface area contributed by atoms with E-state index in [1.807, 2.05) is 20.8 Å². The summed E-state index contributed by atoms with van der Waals surface area (Å²) in [5, 5.41) is 18.6. The zero-order valence-corrected chi connectivity index (χ0v) is 10.4. The second kappa shape index (κ2) is 7.38. The topological polar surface area (TPSA) is 73.4 Å². The summed E-state index contributed by atoms with van der Waals surface area (Å²) in [5.74, 6) is -1.54. The van der Waals surface area contributed by atoms with Gasteiger partial charge in [-0.15, -0.1) is 0 Å². The standard InChI is InChI=1S/C11H23N3O2/c1-5-12-11(13-6-2,14-7-3)8-9(4)10(15)16/h12-14H,4-8H2,1-3H3,(H,15,16). The summed E-state index contributed by atoms with van der Waals surface area (Å²) in [6.45, 7) is 11.7. The first-order valence-corrected chi connectivity index (χ1v) is 5.67. The van der Waals surface area contributed by atoms with E-state index in [1.54, 1.807) is 0 Å². The van der Waals surface area contributed by atoms with Gasteiger partial charge < -0.3 is 5.11 Å². The van der Waals surface area contributed by atoms with Crippen molar-refractivity contribution in [1.29, 1.82) is 0 Å². The van der Waals surface area contributed by atoms with Crippen molar-refractivity contribution in [2.24, 2.45) is 0 Å². The van der Waals surface area contributed by atoms with Crippen LogP contribution in [0.2, 0.25) is 0 Å². The first-order valence-electron chi connectivity index (χ1n) is 5.67. The van der Waals surface area contributed by atoms with Gasteiger partial charge in [-0.2, -0.15) is 0 Å². The first kappa shape index (κ1) is 15.1. The summed E-state index contributed by atoms with van der Waals surface area (Å²) in [7, 11) is 0. The predicted molar refractivity (Wildman–Crippen MR) is 65.2 cm³/mol. The van der Waals surface area contributed by atoms with E-state index in [0.717, 1.165) is 19.6 Å². The Hall–Kier alpha value is -0.910. The van der Waals surface area contributed by atoms with E-state index in [4.69, 9.17) is 5.11 Å². The number of aliphatic carboxylic acids is 1. The van der Waals surface area contributed by atoms with E-state index in [-0.39, 0.29) is 5.57 Å². The van der Waals surface area contributed by atoms with Crippen LogP contribution in [0.25, 0.3) is 0 Å². The molecule has 4 N–H and O–H groups in total. The fourth-order valence-electron chi connectivity index (χ4n) is 1.68. The van der Waals surface area contributed by atoms with Crippen molar-refractivity contribution < 1.29 is 9.90 Å². The van der Waals surface area contributed by atoms with Gasteiger partial charge in [0.05, 0.1) is 0 Å². The summed E-state index contributed by atoms with van der Waals surface area (Å²) in [6.07, 6.45) is 0.317. The molecule has 0 aliphatic rings. The molecule has 0 aliphatic heterocycles. The zero-order chi connectivity index (χ0) is 12.6. The molecule has 0 radical (unpaired) electrons. The minimum absolute atomic E-state index is 0.183. The molecule has 0 heterocycles. The van der Waals surface area contributed by atoms with Crippen LogP contribution in [-0.4, -0.2) is 36.5 Å². The normalized spacial score (nSPS) is 11.4. The molecule has 0 unspecified atom stereocenters. The molecule has 0 aromatic heterocycles. The van der Waals surface area contributed by atoms with Crippen LogP contribution >= 0.6 is 0 Å². The summed E-state index contributed by atoms with van der Waals surface area (Å²) in [6, 6.07) is 0. The molecule has 5 heteroatoms. The molecule has 0 rings (SSSR count). The monoisotopic (exact) mass is 229 g/mol. The van der Waals surface area contributed by atoms with Gasteiger partial charge >= 0.3 is 5.97 Å². The van der Waals surface area contributed by atoms with Crippen LogP contribution in [0.15, 0.2) is 12.2 Å². The van der Waals surface area contributed by atoms with E-state index < -0.39 is 11.8 Å². The Morgan fingerprint density at radius 3 is 1.75 bits per heavy atom. The molecule has 16 heavy (non-hydrogen) atoms. The zero-order valence-electron chi connectivity index (χ0n) is 10.4. The lowest BCUT2D eigenvalue weighted by Crippen LogP contribution is -2.66. The van der Waals surface area contributed by atoms with Crippen molar-refractivity contribution in [2.75, 3.05) is 19.6 Å². The number of hydrogen-bond donors (Lipinski definition) is 4. The summed E-state index contributed by atoms with van der Waals surface area (Å²) < 4.78 is 0. The quantitative estimate of drug-likeness (QED) is 0.342. The molecule has 0 aromatic rings.